The monoisotopic (exact) mass is 322 g/mol. The van der Waals surface area contributed by atoms with Crippen molar-refractivity contribution in [2.24, 2.45) is 0 Å². The van der Waals surface area contributed by atoms with Gasteiger partial charge in [-0.05, 0) is 48.7 Å². The molecule has 0 atom stereocenters. The van der Waals surface area contributed by atoms with Crippen LogP contribution in [0.5, 0.6) is 0 Å². The lowest BCUT2D eigenvalue weighted by atomic mass is 9.99. The number of carbonyl (C=O) groups excluding carboxylic acids is 1. The number of furan rings is 1. The second-order valence-corrected chi connectivity index (χ2v) is 5.26. The molecule has 0 fully saturated rings. The lowest BCUT2D eigenvalue weighted by Crippen LogP contribution is -1.99. The van der Waals surface area contributed by atoms with Crippen LogP contribution in [0.15, 0.2) is 33.2 Å². The summed E-state index contributed by atoms with van der Waals surface area (Å²) in [6, 6.07) is 7.56. The molecule has 1 aromatic heterocycles. The van der Waals surface area contributed by atoms with Crippen LogP contribution in [0.3, 0.4) is 0 Å². The van der Waals surface area contributed by atoms with E-state index < -0.39 is 5.97 Å². The summed E-state index contributed by atoms with van der Waals surface area (Å²) in [4.78, 5) is 11.3. The summed E-state index contributed by atoms with van der Waals surface area (Å²) in [5, 5.41) is 0. The minimum atomic E-state index is -0.450. The molecular formula is C15H15BrO3. The number of hydrogen-bond acceptors (Lipinski definition) is 3. The van der Waals surface area contributed by atoms with Gasteiger partial charge in [0.15, 0.2) is 0 Å². The summed E-state index contributed by atoms with van der Waals surface area (Å²) < 4.78 is 11.2. The number of ether oxygens (including phenoxy) is 1. The zero-order chi connectivity index (χ0) is 14.0. The topological polar surface area (TPSA) is 39.4 Å². The zero-order valence-electron chi connectivity index (χ0n) is 11.1. The second kappa shape index (κ2) is 5.61. The maximum Gasteiger partial charge on any atom is 0.373 e. The fourth-order valence-electron chi connectivity index (χ4n) is 1.99. The Bertz CT molecular complexity index is 614. The van der Waals surface area contributed by atoms with Crippen molar-refractivity contribution in [3.05, 3.63) is 56.9 Å². The van der Waals surface area contributed by atoms with Crippen LogP contribution in [-0.2, 0) is 11.2 Å². The Kier molecular flexibility index (Phi) is 4.10. The van der Waals surface area contributed by atoms with Gasteiger partial charge in [0.2, 0.25) is 5.76 Å². The molecule has 2 aromatic rings. The van der Waals surface area contributed by atoms with E-state index in [0.29, 0.717) is 6.42 Å². The van der Waals surface area contributed by atoms with Crippen LogP contribution >= 0.6 is 15.9 Å². The van der Waals surface area contributed by atoms with Gasteiger partial charge in [0.25, 0.3) is 0 Å². The van der Waals surface area contributed by atoms with E-state index in [4.69, 9.17) is 4.42 Å². The fraction of sp³-hybridized carbons (Fsp3) is 0.267. The average molecular weight is 323 g/mol. The number of aryl methyl sites for hydroxylation is 1. The number of benzene rings is 1. The van der Waals surface area contributed by atoms with Crippen LogP contribution in [0.1, 0.15) is 33.0 Å². The molecule has 0 unspecified atom stereocenters. The molecule has 0 amide bonds. The molecule has 100 valence electrons. The number of methoxy groups -OCH3 is 1. The molecule has 1 aromatic carbocycles. The van der Waals surface area contributed by atoms with Gasteiger partial charge >= 0.3 is 5.97 Å². The van der Waals surface area contributed by atoms with Gasteiger partial charge < -0.3 is 9.15 Å². The molecule has 19 heavy (non-hydrogen) atoms. The molecule has 0 bridgehead atoms. The first kappa shape index (κ1) is 13.9. The van der Waals surface area contributed by atoms with E-state index in [1.54, 1.807) is 6.07 Å². The number of carbonyl (C=O) groups is 1. The zero-order valence-corrected chi connectivity index (χ0v) is 12.7. The van der Waals surface area contributed by atoms with Crippen molar-refractivity contribution in [1.29, 1.82) is 0 Å². The molecule has 0 saturated heterocycles. The van der Waals surface area contributed by atoms with Crippen molar-refractivity contribution in [3.8, 4) is 0 Å². The summed E-state index contributed by atoms with van der Waals surface area (Å²) >= 11 is 3.53. The molecule has 4 heteroatoms. The van der Waals surface area contributed by atoms with E-state index in [0.717, 1.165) is 10.2 Å². The number of esters is 1. The van der Waals surface area contributed by atoms with Crippen LogP contribution < -0.4 is 0 Å². The maximum absolute atomic E-state index is 11.3. The Balaban J connectivity index is 2.29. The van der Waals surface area contributed by atoms with Crippen molar-refractivity contribution in [2.45, 2.75) is 20.3 Å². The van der Waals surface area contributed by atoms with E-state index in [9.17, 15) is 4.79 Å². The molecule has 0 aliphatic heterocycles. The lowest BCUT2D eigenvalue weighted by molar-refractivity contribution is 0.0563. The molecule has 0 radical (unpaired) electrons. The highest BCUT2D eigenvalue weighted by molar-refractivity contribution is 9.10. The Hall–Kier alpha value is -1.55. The lowest BCUT2D eigenvalue weighted by Gasteiger charge is -2.10. The van der Waals surface area contributed by atoms with Gasteiger partial charge in [-0.2, -0.15) is 0 Å². The van der Waals surface area contributed by atoms with Crippen LogP contribution in [0.4, 0.5) is 0 Å². The fourth-order valence-corrected chi connectivity index (χ4v) is 2.36. The molecule has 0 aliphatic carbocycles. The Labute approximate surface area is 120 Å². The van der Waals surface area contributed by atoms with Gasteiger partial charge in [0.1, 0.15) is 5.76 Å². The highest BCUT2D eigenvalue weighted by atomic mass is 79.9. The third-order valence-electron chi connectivity index (χ3n) is 3.17. The molecule has 0 N–H and O–H groups in total. The minimum absolute atomic E-state index is 0.239. The largest absolute Gasteiger partial charge is 0.463 e. The second-order valence-electron chi connectivity index (χ2n) is 4.40. The standard InChI is InChI=1S/C15H15BrO3/c1-9-4-6-13(16)10(2)12(9)8-11-5-7-14(19-11)15(17)18-3/h4-7H,8H2,1-3H3. The van der Waals surface area contributed by atoms with Crippen LogP contribution in [-0.4, -0.2) is 13.1 Å². The van der Waals surface area contributed by atoms with Crippen molar-refractivity contribution in [1.82, 2.24) is 0 Å². The van der Waals surface area contributed by atoms with Crippen molar-refractivity contribution < 1.29 is 13.9 Å². The highest BCUT2D eigenvalue weighted by Gasteiger charge is 2.13. The smallest absolute Gasteiger partial charge is 0.373 e. The first-order valence-corrected chi connectivity index (χ1v) is 6.74. The average Bonchev–Trinajstić information content (AvgIpc) is 2.87. The predicted octanol–water partition coefficient (Wildman–Crippen LogP) is 4.04. The number of rotatable bonds is 3. The highest BCUT2D eigenvalue weighted by Crippen LogP contribution is 2.25. The summed E-state index contributed by atoms with van der Waals surface area (Å²) in [6.45, 7) is 4.13. The van der Waals surface area contributed by atoms with Crippen molar-refractivity contribution in [2.75, 3.05) is 7.11 Å². The first-order valence-electron chi connectivity index (χ1n) is 5.94. The van der Waals surface area contributed by atoms with E-state index >= 15 is 0 Å². The van der Waals surface area contributed by atoms with E-state index in [2.05, 4.69) is 40.6 Å². The van der Waals surface area contributed by atoms with Crippen LogP contribution in [0.25, 0.3) is 0 Å². The summed E-state index contributed by atoms with van der Waals surface area (Å²) in [5.41, 5.74) is 3.60. The SMILES string of the molecule is COC(=O)c1ccc(Cc2c(C)ccc(Br)c2C)o1. The van der Waals surface area contributed by atoms with Gasteiger partial charge in [-0.15, -0.1) is 0 Å². The number of halogens is 1. The van der Waals surface area contributed by atoms with Crippen LogP contribution in [0, 0.1) is 13.8 Å². The molecule has 2 rings (SSSR count). The molecule has 3 nitrogen and oxygen atoms in total. The molecular weight excluding hydrogens is 308 g/mol. The maximum atomic E-state index is 11.3. The Morgan fingerprint density at radius 3 is 2.68 bits per heavy atom. The van der Waals surface area contributed by atoms with Crippen molar-refractivity contribution in [3.63, 3.8) is 0 Å². The predicted molar refractivity (Wildman–Crippen MR) is 76.5 cm³/mol. The molecule has 0 aliphatic rings. The van der Waals surface area contributed by atoms with E-state index in [1.807, 2.05) is 12.1 Å². The van der Waals surface area contributed by atoms with Gasteiger partial charge in [-0.3, -0.25) is 0 Å². The Morgan fingerprint density at radius 2 is 2.00 bits per heavy atom. The third kappa shape index (κ3) is 2.89. The van der Waals surface area contributed by atoms with Gasteiger partial charge in [0.05, 0.1) is 7.11 Å². The summed E-state index contributed by atoms with van der Waals surface area (Å²) in [6.07, 6.45) is 0.661. The summed E-state index contributed by atoms with van der Waals surface area (Å²) in [7, 11) is 1.34. The van der Waals surface area contributed by atoms with Gasteiger partial charge in [-0.1, -0.05) is 22.0 Å². The minimum Gasteiger partial charge on any atom is -0.463 e. The quantitative estimate of drug-likeness (QED) is 0.801. The van der Waals surface area contributed by atoms with Crippen molar-refractivity contribution >= 4 is 21.9 Å². The van der Waals surface area contributed by atoms with Gasteiger partial charge in [-0.25, -0.2) is 4.79 Å². The molecule has 1 heterocycles. The van der Waals surface area contributed by atoms with Crippen LogP contribution in [0.2, 0.25) is 0 Å². The van der Waals surface area contributed by atoms with E-state index in [1.165, 1.54) is 23.8 Å². The molecule has 0 spiro atoms. The van der Waals surface area contributed by atoms with Gasteiger partial charge in [0, 0.05) is 10.9 Å². The Morgan fingerprint density at radius 1 is 1.26 bits per heavy atom. The number of hydrogen-bond donors (Lipinski definition) is 0. The third-order valence-corrected chi connectivity index (χ3v) is 4.02. The molecule has 0 saturated carbocycles. The normalized spacial score (nSPS) is 10.5. The first-order chi connectivity index (χ1) is 9.02. The van der Waals surface area contributed by atoms with E-state index in [-0.39, 0.29) is 5.76 Å². The summed E-state index contributed by atoms with van der Waals surface area (Å²) in [5.74, 6) is 0.543.